The van der Waals surface area contributed by atoms with Gasteiger partial charge in [0, 0.05) is 44.4 Å². The molecule has 1 unspecified atom stereocenters. The van der Waals surface area contributed by atoms with Gasteiger partial charge in [-0.15, -0.1) is 0 Å². The molecule has 12 rings (SSSR count). The summed E-state index contributed by atoms with van der Waals surface area (Å²) in [5.41, 5.74) is 21.8. The number of anilines is 2. The molecule has 9 aromatic carbocycles. The van der Waals surface area contributed by atoms with Crippen molar-refractivity contribution in [3.63, 3.8) is 0 Å². The first-order valence-electron chi connectivity index (χ1n) is 21.4. The van der Waals surface area contributed by atoms with Gasteiger partial charge in [0.1, 0.15) is 0 Å². The molecule has 0 fully saturated rings. The van der Waals surface area contributed by atoms with E-state index in [1.807, 2.05) is 0 Å². The van der Waals surface area contributed by atoms with E-state index in [2.05, 4.69) is 219 Å². The highest BCUT2D eigenvalue weighted by Gasteiger charge is 2.38. The van der Waals surface area contributed by atoms with E-state index >= 15 is 0 Å². The van der Waals surface area contributed by atoms with E-state index in [0.29, 0.717) is 5.92 Å². The van der Waals surface area contributed by atoms with Crippen LogP contribution < -0.4 is 5.32 Å². The number of benzene rings is 9. The largest absolute Gasteiger partial charge is 0.355 e. The van der Waals surface area contributed by atoms with Gasteiger partial charge in [0.15, 0.2) is 0 Å². The smallest absolute Gasteiger partial charge is 0.0549 e. The summed E-state index contributed by atoms with van der Waals surface area (Å²) in [6, 6.07) is 69.9. The predicted octanol–water partition coefficient (Wildman–Crippen LogP) is 15.8. The van der Waals surface area contributed by atoms with E-state index in [4.69, 9.17) is 0 Å². The lowest BCUT2D eigenvalue weighted by molar-refractivity contribution is 0.660. The Balaban J connectivity index is 0.974. The van der Waals surface area contributed by atoms with Gasteiger partial charge in [-0.05, 0) is 115 Å². The zero-order valence-electron chi connectivity index (χ0n) is 34.1. The van der Waals surface area contributed by atoms with Crippen LogP contribution in [0.4, 0.5) is 11.4 Å². The third-order valence-electron chi connectivity index (χ3n) is 13.7. The normalized spacial score (nSPS) is 14.6. The fourth-order valence-electron chi connectivity index (χ4n) is 10.9. The standard InChI is InChI=1S/C58H44N2/c1-4-39-42-16-5-6-18-44(42)48-24-15-23-41(56(39)48)36-28-30-38(31-29-36)59-52-33-32-40(43-17-7-8-19-45(43)52)37-34-51-57(49-22-9-12-25-50(49)58(51,2)3)55(35-37)60-53-26-13-10-20-46(53)47-21-11-14-27-54(47)60/h5-35,39,59H,4H2,1-3H3. The quantitative estimate of drug-likeness (QED) is 0.178. The second kappa shape index (κ2) is 13.2. The number of fused-ring (bicyclic) bond motifs is 10. The molecule has 2 heteroatoms. The van der Waals surface area contributed by atoms with Gasteiger partial charge < -0.3 is 9.88 Å². The lowest BCUT2D eigenvalue weighted by atomic mass is 9.81. The Morgan fingerprint density at radius 2 is 1.10 bits per heavy atom. The number of hydrogen-bond donors (Lipinski definition) is 1. The van der Waals surface area contributed by atoms with Crippen LogP contribution in [0.25, 0.3) is 82.8 Å². The minimum atomic E-state index is -0.166. The lowest BCUT2D eigenvalue weighted by Crippen LogP contribution is -2.15. The van der Waals surface area contributed by atoms with Gasteiger partial charge in [0.05, 0.1) is 16.7 Å². The van der Waals surface area contributed by atoms with Crippen molar-refractivity contribution < 1.29 is 0 Å². The molecule has 0 radical (unpaired) electrons. The third-order valence-corrected chi connectivity index (χ3v) is 13.7. The van der Waals surface area contributed by atoms with Crippen molar-refractivity contribution in [2.24, 2.45) is 0 Å². The van der Waals surface area contributed by atoms with Gasteiger partial charge in [0.2, 0.25) is 0 Å². The molecule has 1 heterocycles. The van der Waals surface area contributed by atoms with E-state index in [1.54, 1.807) is 0 Å². The first-order chi connectivity index (χ1) is 29.5. The molecule has 2 aliphatic rings. The van der Waals surface area contributed by atoms with E-state index in [-0.39, 0.29) is 5.41 Å². The molecule has 2 aliphatic carbocycles. The van der Waals surface area contributed by atoms with Crippen LogP contribution in [-0.2, 0) is 5.41 Å². The maximum Gasteiger partial charge on any atom is 0.0549 e. The molecule has 1 atom stereocenters. The Morgan fingerprint density at radius 3 is 1.85 bits per heavy atom. The van der Waals surface area contributed by atoms with Crippen molar-refractivity contribution in [3.05, 3.63) is 210 Å². The monoisotopic (exact) mass is 768 g/mol. The van der Waals surface area contributed by atoms with E-state index in [1.165, 1.54) is 105 Å². The number of aromatic nitrogens is 1. The van der Waals surface area contributed by atoms with E-state index < -0.39 is 0 Å². The molecule has 0 saturated carbocycles. The summed E-state index contributed by atoms with van der Waals surface area (Å²) in [6.07, 6.45) is 1.09. The Morgan fingerprint density at radius 1 is 0.483 bits per heavy atom. The fraction of sp³-hybridized carbons (Fsp3) is 0.103. The third kappa shape index (κ3) is 5.01. The molecule has 286 valence electrons. The first-order valence-corrected chi connectivity index (χ1v) is 21.4. The van der Waals surface area contributed by atoms with E-state index in [0.717, 1.165) is 17.8 Å². The number of para-hydroxylation sites is 2. The van der Waals surface area contributed by atoms with Crippen LogP contribution in [0.1, 0.15) is 55.4 Å². The summed E-state index contributed by atoms with van der Waals surface area (Å²) in [6.45, 7) is 7.09. The van der Waals surface area contributed by atoms with Gasteiger partial charge in [-0.2, -0.15) is 0 Å². The summed E-state index contributed by atoms with van der Waals surface area (Å²) in [4.78, 5) is 0. The zero-order valence-corrected chi connectivity index (χ0v) is 34.1. The molecule has 10 aromatic rings. The molecular formula is C58H44N2. The molecule has 0 amide bonds. The maximum absolute atomic E-state index is 3.83. The van der Waals surface area contributed by atoms with Crippen LogP contribution >= 0.6 is 0 Å². The first kappa shape index (κ1) is 34.8. The summed E-state index contributed by atoms with van der Waals surface area (Å²) in [5.74, 6) is 0.417. The van der Waals surface area contributed by atoms with Gasteiger partial charge in [-0.3, -0.25) is 0 Å². The summed E-state index contributed by atoms with van der Waals surface area (Å²) in [5, 5.41) is 8.80. The molecule has 0 bridgehead atoms. The average Bonchev–Trinajstić information content (AvgIpc) is 3.89. The second-order valence-electron chi connectivity index (χ2n) is 17.2. The zero-order chi connectivity index (χ0) is 40.1. The molecule has 60 heavy (non-hydrogen) atoms. The molecule has 1 N–H and O–H groups in total. The maximum atomic E-state index is 3.83. The Hall–Kier alpha value is -7.16. The van der Waals surface area contributed by atoms with E-state index in [9.17, 15) is 0 Å². The summed E-state index contributed by atoms with van der Waals surface area (Å²) >= 11 is 0. The molecule has 0 saturated heterocycles. The average molecular weight is 769 g/mol. The number of hydrogen-bond acceptors (Lipinski definition) is 1. The van der Waals surface area contributed by atoms with Gasteiger partial charge >= 0.3 is 0 Å². The van der Waals surface area contributed by atoms with Crippen LogP contribution in [0, 0.1) is 0 Å². The summed E-state index contributed by atoms with van der Waals surface area (Å²) in [7, 11) is 0. The Kier molecular flexibility index (Phi) is 7.65. The fourth-order valence-corrected chi connectivity index (χ4v) is 10.9. The Labute approximate surface area is 351 Å². The van der Waals surface area contributed by atoms with Crippen molar-refractivity contribution in [1.29, 1.82) is 0 Å². The SMILES string of the molecule is CCC1c2ccccc2-c2cccc(-c3ccc(Nc4ccc(-c5cc(-n6c7ccccc7c7ccccc76)c6c(c5)C(C)(C)c5ccccc5-6)c5ccccc45)cc3)c21. The summed E-state index contributed by atoms with van der Waals surface area (Å²) < 4.78 is 2.51. The Bertz CT molecular complexity index is 3310. The topological polar surface area (TPSA) is 17.0 Å². The van der Waals surface area contributed by atoms with Crippen molar-refractivity contribution in [2.75, 3.05) is 5.32 Å². The molecule has 0 spiro atoms. The van der Waals surface area contributed by atoms with Crippen molar-refractivity contribution >= 4 is 44.0 Å². The van der Waals surface area contributed by atoms with Gasteiger partial charge in [0.25, 0.3) is 0 Å². The van der Waals surface area contributed by atoms with Gasteiger partial charge in [-0.25, -0.2) is 0 Å². The predicted molar refractivity (Wildman–Crippen MR) is 254 cm³/mol. The van der Waals surface area contributed by atoms with Crippen molar-refractivity contribution in [3.8, 4) is 50.2 Å². The number of nitrogens with one attached hydrogen (secondary N) is 1. The molecule has 1 aromatic heterocycles. The van der Waals surface area contributed by atoms with Crippen LogP contribution in [0.3, 0.4) is 0 Å². The molecule has 2 nitrogen and oxygen atoms in total. The molecular weight excluding hydrogens is 725 g/mol. The number of rotatable bonds is 6. The minimum Gasteiger partial charge on any atom is -0.355 e. The lowest BCUT2D eigenvalue weighted by Gasteiger charge is -2.24. The van der Waals surface area contributed by atoms with Gasteiger partial charge in [-0.1, -0.05) is 166 Å². The van der Waals surface area contributed by atoms with Crippen LogP contribution in [0.5, 0.6) is 0 Å². The van der Waals surface area contributed by atoms with Crippen LogP contribution in [0.2, 0.25) is 0 Å². The highest BCUT2D eigenvalue weighted by atomic mass is 15.0. The second-order valence-corrected chi connectivity index (χ2v) is 17.2. The van der Waals surface area contributed by atoms with Crippen LogP contribution in [0.15, 0.2) is 188 Å². The van der Waals surface area contributed by atoms with Crippen LogP contribution in [-0.4, -0.2) is 4.57 Å². The van der Waals surface area contributed by atoms with Crippen molar-refractivity contribution in [1.82, 2.24) is 4.57 Å². The van der Waals surface area contributed by atoms with Crippen molar-refractivity contribution in [2.45, 2.75) is 38.5 Å². The highest BCUT2D eigenvalue weighted by molar-refractivity contribution is 6.11. The highest BCUT2D eigenvalue weighted by Crippen LogP contribution is 2.54. The minimum absolute atomic E-state index is 0.166. The number of nitrogens with zero attached hydrogens (tertiary/aromatic N) is 1. The molecule has 0 aliphatic heterocycles.